The van der Waals surface area contributed by atoms with Crippen molar-refractivity contribution in [3.8, 4) is 0 Å². The molecule has 0 radical (unpaired) electrons. The van der Waals surface area contributed by atoms with Crippen molar-refractivity contribution in [2.75, 3.05) is 10.6 Å². The fourth-order valence-electron chi connectivity index (χ4n) is 2.50. The van der Waals surface area contributed by atoms with E-state index in [4.69, 9.17) is 4.74 Å². The first kappa shape index (κ1) is 19.8. The van der Waals surface area contributed by atoms with Gasteiger partial charge in [0, 0.05) is 11.0 Å². The second kappa shape index (κ2) is 8.39. The van der Waals surface area contributed by atoms with Gasteiger partial charge in [-0.1, -0.05) is 12.1 Å². The number of esters is 1. The van der Waals surface area contributed by atoms with E-state index < -0.39 is 34.9 Å². The number of rotatable bonds is 5. The Morgan fingerprint density at radius 3 is 2.75 bits per heavy atom. The van der Waals surface area contributed by atoms with Gasteiger partial charge in [0.15, 0.2) is 6.10 Å². The van der Waals surface area contributed by atoms with Gasteiger partial charge >= 0.3 is 5.97 Å². The first-order valence-electron chi connectivity index (χ1n) is 8.35. The number of ether oxygens (including phenoxy) is 1. The first-order chi connectivity index (χ1) is 13.3. The van der Waals surface area contributed by atoms with Gasteiger partial charge < -0.3 is 15.4 Å². The Kier molecular flexibility index (Phi) is 5.93. The number of hydrogen-bond donors (Lipinski definition) is 2. The summed E-state index contributed by atoms with van der Waals surface area (Å²) in [4.78, 5) is 37.2. The number of thioether (sulfide) groups is 1. The second-order valence-electron chi connectivity index (χ2n) is 6.04. The predicted octanol–water partition coefficient (Wildman–Crippen LogP) is 3.34. The minimum atomic E-state index is -1.22. The molecule has 0 saturated carbocycles. The lowest BCUT2D eigenvalue weighted by atomic mass is 10.2. The number of para-hydroxylation sites is 1. The van der Waals surface area contributed by atoms with E-state index in [1.54, 1.807) is 12.1 Å². The van der Waals surface area contributed by atoms with Gasteiger partial charge in [-0.05, 0) is 31.2 Å². The molecule has 28 heavy (non-hydrogen) atoms. The highest BCUT2D eigenvalue weighted by Crippen LogP contribution is 2.36. The molecule has 2 atom stereocenters. The van der Waals surface area contributed by atoms with E-state index in [-0.39, 0.29) is 18.0 Å². The fourth-order valence-corrected chi connectivity index (χ4v) is 3.60. The van der Waals surface area contributed by atoms with Gasteiger partial charge in [-0.15, -0.1) is 11.8 Å². The Hall–Kier alpha value is -2.94. The summed E-state index contributed by atoms with van der Waals surface area (Å²) in [7, 11) is 0. The van der Waals surface area contributed by atoms with Gasteiger partial charge in [-0.25, -0.2) is 8.78 Å². The molecule has 2 N–H and O–H groups in total. The lowest BCUT2D eigenvalue weighted by molar-refractivity contribution is -0.153. The minimum absolute atomic E-state index is 0.229. The first-order valence-corrected chi connectivity index (χ1v) is 9.23. The van der Waals surface area contributed by atoms with Crippen LogP contribution in [0.25, 0.3) is 0 Å². The third-order valence-corrected chi connectivity index (χ3v) is 5.20. The standard InChI is InChI=1S/C19H16F2N2O4S/c1-10(18(25)22-13-7-6-11(20)8-12(13)21)27-17(24)9-16-19(26)23-14-4-2-3-5-15(14)28-16/h2-8,10,16H,9H2,1H3,(H,22,25)(H,23,26)/t10-,16+/m1/s1. The maximum atomic E-state index is 13.6. The van der Waals surface area contributed by atoms with Gasteiger partial charge in [0.25, 0.3) is 5.91 Å². The monoisotopic (exact) mass is 406 g/mol. The highest BCUT2D eigenvalue weighted by Gasteiger charge is 2.30. The highest BCUT2D eigenvalue weighted by atomic mass is 32.2. The third kappa shape index (κ3) is 4.66. The van der Waals surface area contributed by atoms with E-state index in [1.165, 1.54) is 18.7 Å². The number of anilines is 2. The summed E-state index contributed by atoms with van der Waals surface area (Å²) in [6.07, 6.45) is -1.45. The molecule has 0 fully saturated rings. The summed E-state index contributed by atoms with van der Waals surface area (Å²) in [5.74, 6) is -3.56. The summed E-state index contributed by atoms with van der Waals surface area (Å²) in [5, 5.41) is 4.25. The molecule has 146 valence electrons. The maximum absolute atomic E-state index is 13.6. The van der Waals surface area contributed by atoms with Crippen molar-refractivity contribution in [3.63, 3.8) is 0 Å². The zero-order valence-corrected chi connectivity index (χ0v) is 15.5. The summed E-state index contributed by atoms with van der Waals surface area (Å²) in [5.41, 5.74) is 0.448. The Labute approximate surface area is 163 Å². The molecule has 0 saturated heterocycles. The van der Waals surface area contributed by atoms with E-state index >= 15 is 0 Å². The molecule has 0 aliphatic carbocycles. The van der Waals surface area contributed by atoms with Crippen LogP contribution in [-0.2, 0) is 19.1 Å². The van der Waals surface area contributed by atoms with Crippen molar-refractivity contribution in [2.24, 2.45) is 0 Å². The van der Waals surface area contributed by atoms with Crippen molar-refractivity contribution in [1.29, 1.82) is 0 Å². The molecule has 0 aromatic heterocycles. The number of carbonyl (C=O) groups excluding carboxylic acids is 3. The normalized spacial score (nSPS) is 16.5. The van der Waals surface area contributed by atoms with E-state index in [2.05, 4.69) is 10.6 Å². The van der Waals surface area contributed by atoms with Crippen molar-refractivity contribution < 1.29 is 27.9 Å². The summed E-state index contributed by atoms with van der Waals surface area (Å²) in [6, 6.07) is 9.88. The van der Waals surface area contributed by atoms with E-state index in [0.717, 1.165) is 17.0 Å². The van der Waals surface area contributed by atoms with Crippen LogP contribution in [0, 0.1) is 11.6 Å². The number of hydrogen-bond acceptors (Lipinski definition) is 5. The van der Waals surface area contributed by atoms with Gasteiger partial charge in [0.2, 0.25) is 5.91 Å². The molecule has 6 nitrogen and oxygen atoms in total. The van der Waals surface area contributed by atoms with Crippen LogP contribution in [-0.4, -0.2) is 29.1 Å². The number of nitrogens with one attached hydrogen (secondary N) is 2. The van der Waals surface area contributed by atoms with Gasteiger partial charge in [0.1, 0.15) is 11.6 Å². The van der Waals surface area contributed by atoms with Gasteiger partial charge in [-0.3, -0.25) is 14.4 Å². The Morgan fingerprint density at radius 2 is 2.00 bits per heavy atom. The Balaban J connectivity index is 1.55. The summed E-state index contributed by atoms with van der Waals surface area (Å²) < 4.78 is 31.6. The summed E-state index contributed by atoms with van der Waals surface area (Å²) in [6.45, 7) is 1.32. The van der Waals surface area contributed by atoms with Gasteiger partial charge in [0.05, 0.1) is 23.0 Å². The number of fused-ring (bicyclic) bond motifs is 1. The second-order valence-corrected chi connectivity index (χ2v) is 7.29. The SMILES string of the molecule is C[C@@H](OC(=O)C[C@@H]1Sc2ccccc2NC1=O)C(=O)Nc1ccc(F)cc1F. The van der Waals surface area contributed by atoms with Crippen molar-refractivity contribution in [2.45, 2.75) is 29.6 Å². The molecule has 0 bridgehead atoms. The molecule has 1 aliphatic rings. The molecule has 2 aromatic carbocycles. The van der Waals surface area contributed by atoms with Crippen LogP contribution in [0.15, 0.2) is 47.4 Å². The molecule has 1 aliphatic heterocycles. The predicted molar refractivity (Wildman–Crippen MR) is 99.9 cm³/mol. The minimum Gasteiger partial charge on any atom is -0.452 e. The number of halogens is 2. The van der Waals surface area contributed by atoms with Crippen LogP contribution in [0.5, 0.6) is 0 Å². The molecular weight excluding hydrogens is 390 g/mol. The molecule has 3 rings (SSSR count). The molecular formula is C19H16F2N2O4S. The molecule has 2 aromatic rings. The lowest BCUT2D eigenvalue weighted by Crippen LogP contribution is -2.34. The third-order valence-electron chi connectivity index (χ3n) is 3.93. The van der Waals surface area contributed by atoms with Crippen LogP contribution in [0.3, 0.4) is 0 Å². The Morgan fingerprint density at radius 1 is 1.25 bits per heavy atom. The average Bonchev–Trinajstić information content (AvgIpc) is 2.64. The quantitative estimate of drug-likeness (QED) is 0.744. The highest BCUT2D eigenvalue weighted by molar-refractivity contribution is 8.01. The zero-order chi connectivity index (χ0) is 20.3. The van der Waals surface area contributed by atoms with Crippen LogP contribution in [0.4, 0.5) is 20.2 Å². The Bertz CT molecular complexity index is 938. The van der Waals surface area contributed by atoms with Crippen molar-refractivity contribution >= 4 is 40.9 Å². The zero-order valence-electron chi connectivity index (χ0n) is 14.7. The topological polar surface area (TPSA) is 84.5 Å². The molecule has 2 amide bonds. The van der Waals surface area contributed by atoms with E-state index in [9.17, 15) is 23.2 Å². The van der Waals surface area contributed by atoms with Gasteiger partial charge in [-0.2, -0.15) is 0 Å². The smallest absolute Gasteiger partial charge is 0.308 e. The average molecular weight is 406 g/mol. The number of amides is 2. The lowest BCUT2D eigenvalue weighted by Gasteiger charge is -2.23. The van der Waals surface area contributed by atoms with Crippen molar-refractivity contribution in [3.05, 3.63) is 54.1 Å². The fraction of sp³-hybridized carbons (Fsp3) is 0.211. The van der Waals surface area contributed by atoms with Crippen molar-refractivity contribution in [1.82, 2.24) is 0 Å². The van der Waals surface area contributed by atoms with E-state index in [0.29, 0.717) is 11.8 Å². The summed E-state index contributed by atoms with van der Waals surface area (Å²) >= 11 is 1.24. The molecule has 0 unspecified atom stereocenters. The van der Waals surface area contributed by atoms with Crippen LogP contribution in [0.2, 0.25) is 0 Å². The number of benzene rings is 2. The molecule has 0 spiro atoms. The molecule has 9 heteroatoms. The van der Waals surface area contributed by atoms with Crippen LogP contribution < -0.4 is 10.6 Å². The largest absolute Gasteiger partial charge is 0.452 e. The number of carbonyl (C=O) groups is 3. The van der Waals surface area contributed by atoms with Crippen LogP contribution >= 0.6 is 11.8 Å². The maximum Gasteiger partial charge on any atom is 0.308 e. The molecule has 1 heterocycles. The van der Waals surface area contributed by atoms with E-state index in [1.807, 2.05) is 12.1 Å². The van der Waals surface area contributed by atoms with Crippen LogP contribution in [0.1, 0.15) is 13.3 Å².